The molecule has 2 aliphatic heterocycles. The van der Waals surface area contributed by atoms with E-state index in [1.54, 1.807) is 6.20 Å². The van der Waals surface area contributed by atoms with Crippen LogP contribution in [0.25, 0.3) is 5.65 Å². The highest BCUT2D eigenvalue weighted by atomic mass is 16.2. The van der Waals surface area contributed by atoms with E-state index in [1.165, 1.54) is 12.8 Å². The number of aromatic nitrogens is 2. The van der Waals surface area contributed by atoms with Crippen LogP contribution in [0.2, 0.25) is 0 Å². The smallest absolute Gasteiger partial charge is 0.274 e. The van der Waals surface area contributed by atoms with Crippen molar-refractivity contribution in [3.63, 3.8) is 0 Å². The third-order valence-electron chi connectivity index (χ3n) is 5.63. The van der Waals surface area contributed by atoms with Gasteiger partial charge in [0.15, 0.2) is 0 Å². The fourth-order valence-electron chi connectivity index (χ4n) is 4.08. The Bertz CT molecular complexity index is 751. The molecule has 138 valence electrons. The molecule has 0 aliphatic carbocycles. The van der Waals surface area contributed by atoms with E-state index in [0.717, 1.165) is 44.4 Å². The number of imidazole rings is 1. The van der Waals surface area contributed by atoms with E-state index in [4.69, 9.17) is 0 Å². The Balaban J connectivity index is 1.36. The van der Waals surface area contributed by atoms with Crippen LogP contribution in [-0.2, 0) is 4.79 Å². The third kappa shape index (κ3) is 3.45. The van der Waals surface area contributed by atoms with Gasteiger partial charge in [-0.3, -0.25) is 9.59 Å². The molecule has 0 bridgehead atoms. The van der Waals surface area contributed by atoms with E-state index in [0.29, 0.717) is 24.7 Å². The SMILES string of the molecule is O=C(c1cn2ccccc2n1)N1CCC(C(=O)N2CCCCCC2)CC1. The lowest BCUT2D eigenvalue weighted by molar-refractivity contribution is -0.136. The second-order valence-electron chi connectivity index (χ2n) is 7.40. The van der Waals surface area contributed by atoms with Crippen molar-refractivity contribution in [2.75, 3.05) is 26.2 Å². The molecule has 0 unspecified atom stereocenters. The molecule has 2 fully saturated rings. The molecule has 2 amide bonds. The molecule has 0 atom stereocenters. The van der Waals surface area contributed by atoms with Gasteiger partial charge in [0.2, 0.25) is 5.91 Å². The van der Waals surface area contributed by atoms with Gasteiger partial charge in [-0.05, 0) is 37.8 Å². The van der Waals surface area contributed by atoms with Crippen molar-refractivity contribution < 1.29 is 9.59 Å². The number of pyridine rings is 1. The quantitative estimate of drug-likeness (QED) is 0.833. The van der Waals surface area contributed by atoms with Gasteiger partial charge < -0.3 is 14.2 Å². The molecule has 2 aromatic rings. The molecule has 6 nitrogen and oxygen atoms in total. The molecule has 0 saturated carbocycles. The molecule has 0 aromatic carbocycles. The molecule has 0 N–H and O–H groups in total. The average molecular weight is 354 g/mol. The summed E-state index contributed by atoms with van der Waals surface area (Å²) in [5, 5.41) is 0. The molecule has 4 rings (SSSR count). The highest BCUT2D eigenvalue weighted by molar-refractivity contribution is 5.93. The van der Waals surface area contributed by atoms with E-state index in [1.807, 2.05) is 33.7 Å². The molecule has 2 aliphatic rings. The van der Waals surface area contributed by atoms with E-state index in [2.05, 4.69) is 9.88 Å². The van der Waals surface area contributed by atoms with Gasteiger partial charge in [0.25, 0.3) is 5.91 Å². The molecule has 4 heterocycles. The van der Waals surface area contributed by atoms with Gasteiger partial charge in [0.1, 0.15) is 11.3 Å². The summed E-state index contributed by atoms with van der Waals surface area (Å²) in [4.78, 5) is 33.8. The first kappa shape index (κ1) is 17.1. The van der Waals surface area contributed by atoms with Crippen molar-refractivity contribution in [3.05, 3.63) is 36.3 Å². The largest absolute Gasteiger partial charge is 0.342 e. The van der Waals surface area contributed by atoms with E-state index in [9.17, 15) is 9.59 Å². The summed E-state index contributed by atoms with van der Waals surface area (Å²) in [6, 6.07) is 5.72. The molecule has 2 saturated heterocycles. The van der Waals surface area contributed by atoms with Crippen LogP contribution in [0.3, 0.4) is 0 Å². The van der Waals surface area contributed by atoms with Crippen molar-refractivity contribution >= 4 is 17.5 Å². The number of carbonyl (C=O) groups is 2. The zero-order valence-electron chi connectivity index (χ0n) is 15.1. The Labute approximate surface area is 153 Å². The van der Waals surface area contributed by atoms with Crippen LogP contribution in [-0.4, -0.2) is 57.2 Å². The number of rotatable bonds is 2. The highest BCUT2D eigenvalue weighted by Gasteiger charge is 2.31. The number of piperidine rings is 1. The molecule has 26 heavy (non-hydrogen) atoms. The minimum atomic E-state index is -0.0330. The minimum absolute atomic E-state index is 0.0330. The molecular formula is C20H26N4O2. The Morgan fingerprint density at radius 1 is 0.923 bits per heavy atom. The van der Waals surface area contributed by atoms with Crippen LogP contribution >= 0.6 is 0 Å². The van der Waals surface area contributed by atoms with Gasteiger partial charge in [-0.15, -0.1) is 0 Å². The lowest BCUT2D eigenvalue weighted by atomic mass is 9.95. The van der Waals surface area contributed by atoms with Gasteiger partial charge in [-0.2, -0.15) is 0 Å². The fraction of sp³-hybridized carbons (Fsp3) is 0.550. The number of carbonyl (C=O) groups excluding carboxylic acids is 2. The van der Waals surface area contributed by atoms with Gasteiger partial charge in [0.05, 0.1) is 0 Å². The second-order valence-corrected chi connectivity index (χ2v) is 7.40. The monoisotopic (exact) mass is 354 g/mol. The van der Waals surface area contributed by atoms with Gasteiger partial charge in [-0.1, -0.05) is 18.9 Å². The van der Waals surface area contributed by atoms with Crippen LogP contribution in [0.15, 0.2) is 30.6 Å². The third-order valence-corrected chi connectivity index (χ3v) is 5.63. The molecular weight excluding hydrogens is 328 g/mol. The Morgan fingerprint density at radius 2 is 1.65 bits per heavy atom. The van der Waals surface area contributed by atoms with Crippen molar-refractivity contribution in [2.45, 2.75) is 38.5 Å². The summed E-state index contributed by atoms with van der Waals surface area (Å²) in [6.45, 7) is 3.08. The maximum absolute atomic E-state index is 12.8. The topological polar surface area (TPSA) is 57.9 Å². The molecule has 0 spiro atoms. The number of hydrogen-bond acceptors (Lipinski definition) is 3. The number of fused-ring (bicyclic) bond motifs is 1. The van der Waals surface area contributed by atoms with Crippen LogP contribution in [0.1, 0.15) is 49.0 Å². The predicted octanol–water partition coefficient (Wildman–Crippen LogP) is 2.59. The number of nitrogens with zero attached hydrogens (tertiary/aromatic N) is 4. The zero-order valence-corrected chi connectivity index (χ0v) is 15.1. The normalized spacial score (nSPS) is 19.5. The lowest BCUT2D eigenvalue weighted by Gasteiger charge is -2.33. The van der Waals surface area contributed by atoms with Crippen LogP contribution in [0.4, 0.5) is 0 Å². The van der Waals surface area contributed by atoms with Gasteiger partial charge >= 0.3 is 0 Å². The predicted molar refractivity (Wildman–Crippen MR) is 98.9 cm³/mol. The van der Waals surface area contributed by atoms with E-state index < -0.39 is 0 Å². The summed E-state index contributed by atoms with van der Waals surface area (Å²) in [7, 11) is 0. The van der Waals surface area contributed by atoms with Crippen molar-refractivity contribution in [1.29, 1.82) is 0 Å². The minimum Gasteiger partial charge on any atom is -0.342 e. The first-order chi connectivity index (χ1) is 12.7. The van der Waals surface area contributed by atoms with Crippen molar-refractivity contribution in [1.82, 2.24) is 19.2 Å². The van der Waals surface area contributed by atoms with Gasteiger partial charge in [-0.25, -0.2) is 4.98 Å². The summed E-state index contributed by atoms with van der Waals surface area (Å²) in [5.74, 6) is 0.333. The summed E-state index contributed by atoms with van der Waals surface area (Å²) in [5.41, 5.74) is 1.26. The maximum Gasteiger partial charge on any atom is 0.274 e. The number of amides is 2. The Hall–Kier alpha value is -2.37. The summed E-state index contributed by atoms with van der Waals surface area (Å²) >= 11 is 0. The standard InChI is InChI=1S/C20H26N4O2/c25-19(22-10-4-1-2-5-11-22)16-8-13-23(14-9-16)20(26)17-15-24-12-6-3-7-18(24)21-17/h3,6-7,12,15-16H,1-2,4-5,8-11,13-14H2. The van der Waals surface area contributed by atoms with E-state index in [-0.39, 0.29) is 11.8 Å². The average Bonchev–Trinajstić information content (AvgIpc) is 2.93. The van der Waals surface area contributed by atoms with Crippen molar-refractivity contribution in [2.24, 2.45) is 5.92 Å². The van der Waals surface area contributed by atoms with Gasteiger partial charge in [0, 0.05) is 44.5 Å². The highest BCUT2D eigenvalue weighted by Crippen LogP contribution is 2.23. The van der Waals surface area contributed by atoms with E-state index >= 15 is 0 Å². The van der Waals surface area contributed by atoms with Crippen molar-refractivity contribution in [3.8, 4) is 0 Å². The summed E-state index contributed by atoms with van der Waals surface area (Å²) < 4.78 is 1.86. The molecule has 2 aromatic heterocycles. The van der Waals surface area contributed by atoms with Crippen LogP contribution in [0, 0.1) is 5.92 Å². The molecule has 6 heteroatoms. The number of likely N-dealkylation sites (tertiary alicyclic amines) is 2. The Kier molecular flexibility index (Phi) is 4.91. The van der Waals surface area contributed by atoms with Crippen LogP contribution in [0.5, 0.6) is 0 Å². The fourth-order valence-corrected chi connectivity index (χ4v) is 4.08. The maximum atomic E-state index is 12.8. The summed E-state index contributed by atoms with van der Waals surface area (Å²) in [6.07, 6.45) is 9.90. The second kappa shape index (κ2) is 7.48. The number of hydrogen-bond donors (Lipinski definition) is 0. The lowest BCUT2D eigenvalue weighted by Crippen LogP contribution is -2.44. The molecule has 0 radical (unpaired) electrons. The first-order valence-electron chi connectivity index (χ1n) is 9.74. The first-order valence-corrected chi connectivity index (χ1v) is 9.74. The Morgan fingerprint density at radius 3 is 2.35 bits per heavy atom. The zero-order chi connectivity index (χ0) is 17.9. The van der Waals surface area contributed by atoms with Crippen LogP contribution < -0.4 is 0 Å².